The van der Waals surface area contributed by atoms with E-state index in [2.05, 4.69) is 35.9 Å². The lowest BCUT2D eigenvalue weighted by Gasteiger charge is -2.17. The Morgan fingerprint density at radius 2 is 1.91 bits per heavy atom. The summed E-state index contributed by atoms with van der Waals surface area (Å²) in [6, 6.07) is 5.30. The minimum atomic E-state index is -1.19. The van der Waals surface area contributed by atoms with Crippen LogP contribution in [0.1, 0.15) is 42.5 Å². The van der Waals surface area contributed by atoms with E-state index in [1.54, 1.807) is 55.9 Å². The van der Waals surface area contributed by atoms with E-state index in [0.717, 1.165) is 5.56 Å². The zero-order valence-corrected chi connectivity index (χ0v) is 21.0. The van der Waals surface area contributed by atoms with Crippen molar-refractivity contribution in [2.45, 2.75) is 46.8 Å². The highest BCUT2D eigenvalue weighted by molar-refractivity contribution is 9.10. The largest absolute Gasteiger partial charge is 0.486 e. The molecular weight excluding hydrogens is 502 g/mol. The summed E-state index contributed by atoms with van der Waals surface area (Å²) in [4.78, 5) is 30.6. The average molecular weight is 526 g/mol. The normalized spacial score (nSPS) is 11.6. The Labute approximate surface area is 204 Å². The molecule has 0 saturated heterocycles. The Hall–Kier alpha value is -3.37. The Kier molecular flexibility index (Phi) is 6.37. The first-order chi connectivity index (χ1) is 16.0. The number of hydrogen-bond donors (Lipinski definition) is 1. The van der Waals surface area contributed by atoms with Crippen molar-refractivity contribution in [1.82, 2.24) is 24.5 Å². The molecule has 0 aliphatic rings. The molecule has 10 heteroatoms. The molecule has 0 radical (unpaired) electrons. The van der Waals surface area contributed by atoms with E-state index in [9.17, 15) is 9.90 Å². The van der Waals surface area contributed by atoms with Gasteiger partial charge < -0.3 is 14.3 Å². The van der Waals surface area contributed by atoms with Crippen molar-refractivity contribution in [2.75, 3.05) is 0 Å². The molecular formula is C24H24BrN5O4. The lowest BCUT2D eigenvalue weighted by molar-refractivity contribution is 0.0688. The van der Waals surface area contributed by atoms with Crippen molar-refractivity contribution in [3.63, 3.8) is 0 Å². The number of hydrogen-bond acceptors (Lipinski definition) is 8. The molecule has 0 atom stereocenters. The van der Waals surface area contributed by atoms with Gasteiger partial charge in [-0.1, -0.05) is 0 Å². The number of rotatable bonds is 6. The Morgan fingerprint density at radius 3 is 2.59 bits per heavy atom. The molecule has 0 spiro atoms. The zero-order valence-electron chi connectivity index (χ0n) is 19.5. The number of pyridine rings is 2. The number of aryl methyl sites for hydroxylation is 3. The van der Waals surface area contributed by atoms with Crippen LogP contribution in [0.2, 0.25) is 0 Å². The van der Waals surface area contributed by atoms with Gasteiger partial charge in [0.1, 0.15) is 34.4 Å². The maximum Gasteiger partial charge on any atom is 0.273 e. The highest BCUT2D eigenvalue weighted by Gasteiger charge is 2.21. The summed E-state index contributed by atoms with van der Waals surface area (Å²) in [6.07, 6.45) is 4.79. The van der Waals surface area contributed by atoms with Gasteiger partial charge in [-0.05, 0) is 61.3 Å². The first-order valence-corrected chi connectivity index (χ1v) is 11.3. The Balaban J connectivity index is 1.73. The fourth-order valence-corrected chi connectivity index (χ4v) is 3.81. The molecule has 176 valence electrons. The third kappa shape index (κ3) is 4.78. The predicted molar refractivity (Wildman–Crippen MR) is 129 cm³/mol. The van der Waals surface area contributed by atoms with Gasteiger partial charge in [0.25, 0.3) is 5.56 Å². The maximum absolute atomic E-state index is 13.3. The van der Waals surface area contributed by atoms with Crippen LogP contribution in [0.4, 0.5) is 0 Å². The van der Waals surface area contributed by atoms with Crippen molar-refractivity contribution in [3.05, 3.63) is 80.3 Å². The van der Waals surface area contributed by atoms with Crippen LogP contribution in [0.25, 0.3) is 17.1 Å². The van der Waals surface area contributed by atoms with E-state index < -0.39 is 5.60 Å². The van der Waals surface area contributed by atoms with E-state index in [1.165, 1.54) is 6.26 Å². The first-order valence-electron chi connectivity index (χ1n) is 10.5. The SMILES string of the molecule is Cc1nc(COc2cc(C)n(-c3cc(-c4ccnc(C(C)(C)O)n4)ncc3C)c(=O)c2Br)co1. The first kappa shape index (κ1) is 23.8. The molecule has 4 aromatic rings. The second-order valence-corrected chi connectivity index (χ2v) is 9.22. The summed E-state index contributed by atoms with van der Waals surface area (Å²) in [5.41, 5.74) is 2.42. The molecule has 4 aromatic heterocycles. The highest BCUT2D eigenvalue weighted by Crippen LogP contribution is 2.27. The van der Waals surface area contributed by atoms with Gasteiger partial charge in [0.05, 0.1) is 17.1 Å². The van der Waals surface area contributed by atoms with Gasteiger partial charge in [-0.3, -0.25) is 14.3 Å². The van der Waals surface area contributed by atoms with Crippen LogP contribution in [0.5, 0.6) is 5.75 Å². The lowest BCUT2D eigenvalue weighted by atomic mass is 10.1. The summed E-state index contributed by atoms with van der Waals surface area (Å²) in [5.74, 6) is 1.25. The van der Waals surface area contributed by atoms with Crippen LogP contribution >= 0.6 is 15.9 Å². The van der Waals surface area contributed by atoms with Gasteiger partial charge in [0.2, 0.25) is 0 Å². The second kappa shape index (κ2) is 9.11. The molecule has 0 aliphatic heterocycles. The van der Waals surface area contributed by atoms with Gasteiger partial charge in [0, 0.05) is 31.1 Å². The van der Waals surface area contributed by atoms with E-state index in [4.69, 9.17) is 9.15 Å². The summed E-state index contributed by atoms with van der Waals surface area (Å²) >= 11 is 3.39. The molecule has 0 aromatic carbocycles. The zero-order chi connectivity index (χ0) is 24.6. The quantitative estimate of drug-likeness (QED) is 0.398. The van der Waals surface area contributed by atoms with Crippen LogP contribution < -0.4 is 10.3 Å². The van der Waals surface area contributed by atoms with Crippen LogP contribution in [0.15, 0.2) is 50.5 Å². The van der Waals surface area contributed by atoms with E-state index in [-0.39, 0.29) is 18.0 Å². The van der Waals surface area contributed by atoms with Gasteiger partial charge in [-0.2, -0.15) is 0 Å². The van der Waals surface area contributed by atoms with E-state index in [0.29, 0.717) is 44.6 Å². The maximum atomic E-state index is 13.3. The van der Waals surface area contributed by atoms with Crippen molar-refractivity contribution in [2.24, 2.45) is 0 Å². The summed E-state index contributed by atoms with van der Waals surface area (Å²) in [7, 11) is 0. The number of oxazole rings is 1. The molecule has 4 rings (SSSR count). The second-order valence-electron chi connectivity index (χ2n) is 8.43. The fourth-order valence-electron chi connectivity index (χ4n) is 3.40. The summed E-state index contributed by atoms with van der Waals surface area (Å²) < 4.78 is 12.9. The molecule has 0 amide bonds. The number of aliphatic hydroxyl groups is 1. The highest BCUT2D eigenvalue weighted by atomic mass is 79.9. The van der Waals surface area contributed by atoms with E-state index >= 15 is 0 Å². The Bertz CT molecular complexity index is 1420. The number of halogens is 1. The minimum Gasteiger partial charge on any atom is -0.486 e. The van der Waals surface area contributed by atoms with Gasteiger partial charge in [0.15, 0.2) is 11.7 Å². The monoisotopic (exact) mass is 525 g/mol. The standard InChI is InChI=1S/C24H24BrN5O4/c1-13-10-27-18(17-6-7-26-23(29-17)24(4,5)32)9-19(13)30-14(2)8-20(21(25)22(30)31)34-12-16-11-33-15(3)28-16/h6-11,32H,12H2,1-5H3. The third-order valence-electron chi connectivity index (χ3n) is 5.12. The number of ether oxygens (including phenoxy) is 1. The van der Waals surface area contributed by atoms with Crippen LogP contribution in [0.3, 0.4) is 0 Å². The summed E-state index contributed by atoms with van der Waals surface area (Å²) in [5, 5.41) is 10.3. The third-order valence-corrected chi connectivity index (χ3v) is 5.85. The van der Waals surface area contributed by atoms with Gasteiger partial charge in [-0.15, -0.1) is 0 Å². The van der Waals surface area contributed by atoms with Crippen molar-refractivity contribution in [3.8, 4) is 22.8 Å². The van der Waals surface area contributed by atoms with Crippen LogP contribution in [-0.4, -0.2) is 29.6 Å². The predicted octanol–water partition coefficient (Wildman–Crippen LogP) is 4.17. The van der Waals surface area contributed by atoms with Crippen LogP contribution in [0, 0.1) is 20.8 Å². The molecule has 0 saturated carbocycles. The molecule has 1 N–H and O–H groups in total. The minimum absolute atomic E-state index is 0.175. The molecule has 0 unspecified atom stereocenters. The molecule has 0 fully saturated rings. The number of aromatic nitrogens is 5. The molecule has 0 bridgehead atoms. The molecule has 4 heterocycles. The average Bonchev–Trinajstić information content (AvgIpc) is 3.21. The van der Waals surface area contributed by atoms with Crippen molar-refractivity contribution >= 4 is 15.9 Å². The number of nitrogens with zero attached hydrogens (tertiary/aromatic N) is 5. The molecule has 34 heavy (non-hydrogen) atoms. The van der Waals surface area contributed by atoms with Crippen molar-refractivity contribution in [1.29, 1.82) is 0 Å². The topological polar surface area (TPSA) is 116 Å². The molecule has 0 aliphatic carbocycles. The van der Waals surface area contributed by atoms with Crippen molar-refractivity contribution < 1.29 is 14.3 Å². The van der Waals surface area contributed by atoms with Gasteiger partial charge in [-0.25, -0.2) is 15.0 Å². The van der Waals surface area contributed by atoms with E-state index in [1.807, 2.05) is 13.8 Å². The summed E-state index contributed by atoms with van der Waals surface area (Å²) in [6.45, 7) is 8.88. The molecule has 9 nitrogen and oxygen atoms in total. The fraction of sp³-hybridized carbons (Fsp3) is 0.292. The smallest absolute Gasteiger partial charge is 0.273 e. The van der Waals surface area contributed by atoms with Crippen LogP contribution in [-0.2, 0) is 12.2 Å². The lowest BCUT2D eigenvalue weighted by Crippen LogP contribution is -2.23. The Morgan fingerprint density at radius 1 is 1.15 bits per heavy atom. The van der Waals surface area contributed by atoms with Gasteiger partial charge >= 0.3 is 0 Å².